The molecule has 0 aromatic heterocycles. The van der Waals surface area contributed by atoms with Crippen molar-refractivity contribution >= 4 is 5.97 Å². The van der Waals surface area contributed by atoms with E-state index in [9.17, 15) is 18.0 Å². The summed E-state index contributed by atoms with van der Waals surface area (Å²) in [4.78, 5) is 12.7. The average molecular weight is 663 g/mol. The molecule has 0 spiro atoms. The monoisotopic (exact) mass is 663 g/mol. The average Bonchev–Trinajstić information content (AvgIpc) is 2.92. The Hall–Kier alpha value is -2.75. The van der Waals surface area contributed by atoms with Gasteiger partial charge in [0.25, 0.3) is 0 Å². The molecule has 8 heteroatoms. The molecule has 4 saturated carbocycles. The van der Waals surface area contributed by atoms with Crippen LogP contribution >= 0.6 is 0 Å². The molecule has 4 nitrogen and oxygen atoms in total. The van der Waals surface area contributed by atoms with E-state index >= 15 is 0 Å². The van der Waals surface area contributed by atoms with Crippen molar-refractivity contribution in [1.29, 1.82) is 0 Å². The Kier molecular flexibility index (Phi) is 7.48. The predicted octanol–water partition coefficient (Wildman–Crippen LogP) is 4.76. The number of hydrogen-bond donors (Lipinski definition) is 0. The van der Waals surface area contributed by atoms with Gasteiger partial charge < -0.3 is 14.2 Å². The fourth-order valence-electron chi connectivity index (χ4n) is 6.84. The lowest BCUT2D eigenvalue weighted by Crippen LogP contribution is -3.61. The Morgan fingerprint density at radius 3 is 1.77 bits per heavy atom. The Bertz CT molecular complexity index is 1310. The SMILES string of the molecule is CC1(OC(=O)COc2ccc(Oc3ccc([I+]c4ccc(C(F)(F)F)cc4)cc3)cc2)C2CC3CC(C2)CC1C3. The molecule has 3 aromatic carbocycles. The minimum atomic E-state index is -4.32. The molecule has 210 valence electrons. The first-order valence-corrected chi connectivity index (χ1v) is 15.8. The van der Waals surface area contributed by atoms with Gasteiger partial charge in [-0.1, -0.05) is 0 Å². The van der Waals surface area contributed by atoms with Gasteiger partial charge in [-0.25, -0.2) is 4.79 Å². The second-order valence-electron chi connectivity index (χ2n) is 11.4. The molecule has 0 saturated heterocycles. The quantitative estimate of drug-likeness (QED) is 0.258. The zero-order chi connectivity index (χ0) is 27.9. The van der Waals surface area contributed by atoms with Crippen LogP contribution in [0.15, 0.2) is 72.8 Å². The summed E-state index contributed by atoms with van der Waals surface area (Å²) in [6.07, 6.45) is 1.77. The fourth-order valence-corrected chi connectivity index (χ4v) is 8.99. The number of rotatable bonds is 8. The summed E-state index contributed by atoms with van der Waals surface area (Å²) in [5.74, 6) is 4.12. The van der Waals surface area contributed by atoms with E-state index in [1.165, 1.54) is 32.1 Å². The van der Waals surface area contributed by atoms with Crippen LogP contribution in [-0.2, 0) is 15.7 Å². The molecule has 0 N–H and O–H groups in total. The van der Waals surface area contributed by atoms with Gasteiger partial charge in [-0.3, -0.25) is 0 Å². The van der Waals surface area contributed by atoms with Crippen LogP contribution in [0.4, 0.5) is 13.2 Å². The second-order valence-corrected chi connectivity index (χ2v) is 14.4. The molecule has 4 bridgehead atoms. The van der Waals surface area contributed by atoms with Gasteiger partial charge in [0.2, 0.25) is 0 Å². The van der Waals surface area contributed by atoms with E-state index in [2.05, 4.69) is 6.92 Å². The molecule has 4 aliphatic rings. The van der Waals surface area contributed by atoms with Gasteiger partial charge in [0.05, 0.1) is 5.56 Å². The highest BCUT2D eigenvalue weighted by molar-refractivity contribution is 5.71. The summed E-state index contributed by atoms with van der Waals surface area (Å²) < 4.78 is 58.0. The van der Waals surface area contributed by atoms with E-state index in [1.807, 2.05) is 24.3 Å². The van der Waals surface area contributed by atoms with E-state index in [4.69, 9.17) is 14.2 Å². The van der Waals surface area contributed by atoms with Crippen LogP contribution in [-0.4, -0.2) is 18.2 Å². The van der Waals surface area contributed by atoms with Crippen molar-refractivity contribution in [2.45, 2.75) is 50.8 Å². The maximum atomic E-state index is 12.8. The van der Waals surface area contributed by atoms with Crippen LogP contribution in [0.25, 0.3) is 0 Å². The minimum Gasteiger partial charge on any atom is -0.482 e. The molecule has 0 heterocycles. The number of halogens is 4. The third-order valence-corrected chi connectivity index (χ3v) is 11.4. The first-order valence-electron chi connectivity index (χ1n) is 13.7. The maximum absolute atomic E-state index is 12.8. The second kappa shape index (κ2) is 10.9. The van der Waals surface area contributed by atoms with Crippen molar-refractivity contribution in [2.24, 2.45) is 23.7 Å². The van der Waals surface area contributed by atoms with E-state index in [0.717, 1.165) is 31.1 Å². The van der Waals surface area contributed by atoms with Gasteiger partial charge >= 0.3 is 33.4 Å². The maximum Gasteiger partial charge on any atom is 0.416 e. The lowest BCUT2D eigenvalue weighted by molar-refractivity contribution is -0.597. The summed E-state index contributed by atoms with van der Waals surface area (Å²) in [5, 5.41) is 0. The van der Waals surface area contributed by atoms with Crippen molar-refractivity contribution in [2.75, 3.05) is 6.61 Å². The molecule has 3 aromatic rings. The third-order valence-electron chi connectivity index (χ3n) is 8.71. The zero-order valence-electron chi connectivity index (χ0n) is 22.1. The van der Waals surface area contributed by atoms with Gasteiger partial charge in [-0.15, -0.1) is 0 Å². The van der Waals surface area contributed by atoms with E-state index in [-0.39, 0.29) is 18.2 Å². The smallest absolute Gasteiger partial charge is 0.416 e. The number of carbonyl (C=O) groups excluding carboxylic acids is 1. The van der Waals surface area contributed by atoms with Crippen molar-refractivity contribution in [1.82, 2.24) is 0 Å². The summed E-state index contributed by atoms with van der Waals surface area (Å²) in [6.45, 7) is 2.01. The molecule has 0 aliphatic heterocycles. The summed E-state index contributed by atoms with van der Waals surface area (Å²) in [7, 11) is 0. The van der Waals surface area contributed by atoms with Crippen LogP contribution in [0.1, 0.15) is 44.6 Å². The van der Waals surface area contributed by atoms with Gasteiger partial charge in [0, 0.05) is 0 Å². The summed E-state index contributed by atoms with van der Waals surface area (Å²) in [6, 6.07) is 20.0. The topological polar surface area (TPSA) is 44.8 Å². The molecule has 0 unspecified atom stereocenters. The molecule has 0 radical (unpaired) electrons. The first-order chi connectivity index (χ1) is 19.1. The Morgan fingerprint density at radius 1 is 0.775 bits per heavy atom. The molecular formula is C32H31F3IO4+. The highest BCUT2D eigenvalue weighted by Crippen LogP contribution is 2.59. The van der Waals surface area contributed by atoms with Crippen LogP contribution in [0.2, 0.25) is 0 Å². The third kappa shape index (κ3) is 5.97. The van der Waals surface area contributed by atoms with Gasteiger partial charge in [0.15, 0.2) is 13.7 Å². The number of carbonyl (C=O) groups is 1. The normalized spacial score (nSPS) is 26.9. The summed E-state index contributed by atoms with van der Waals surface area (Å²) in [5.41, 5.74) is -0.992. The number of alkyl halides is 3. The molecule has 4 aliphatic carbocycles. The lowest BCUT2D eigenvalue weighted by Gasteiger charge is -2.59. The molecule has 7 rings (SSSR count). The highest BCUT2D eigenvalue weighted by Gasteiger charge is 2.57. The van der Waals surface area contributed by atoms with Crippen LogP contribution < -0.4 is 30.7 Å². The van der Waals surface area contributed by atoms with Crippen molar-refractivity contribution in [3.63, 3.8) is 0 Å². The fraction of sp³-hybridized carbons (Fsp3) is 0.406. The number of ether oxygens (including phenoxy) is 3. The van der Waals surface area contributed by atoms with Crippen LogP contribution in [0, 0.1) is 30.8 Å². The predicted molar refractivity (Wildman–Crippen MR) is 139 cm³/mol. The highest BCUT2D eigenvalue weighted by atomic mass is 127. The largest absolute Gasteiger partial charge is 0.482 e. The Morgan fingerprint density at radius 2 is 1.25 bits per heavy atom. The molecule has 0 atom stereocenters. The van der Waals surface area contributed by atoms with Gasteiger partial charge in [-0.05, 0) is 135 Å². The van der Waals surface area contributed by atoms with Gasteiger partial charge in [-0.2, -0.15) is 13.2 Å². The Balaban J connectivity index is 0.980. The lowest BCUT2D eigenvalue weighted by atomic mass is 9.50. The van der Waals surface area contributed by atoms with E-state index in [0.29, 0.717) is 29.1 Å². The van der Waals surface area contributed by atoms with Crippen LogP contribution in [0.5, 0.6) is 17.2 Å². The number of hydrogen-bond acceptors (Lipinski definition) is 4. The standard InChI is InChI=1S/C32H31F3IO4/c1-31(23-15-20-14-21(17-23)18-24(31)16-20)40-30(37)19-38-27-10-12-29(13-11-27)39-28-8-6-26(7-9-28)36-25-4-2-22(3-5-25)32(33,34)35/h2-13,20-21,23-24H,14-19H2,1H3/q+1. The number of esters is 1. The first kappa shape index (κ1) is 27.4. The zero-order valence-corrected chi connectivity index (χ0v) is 24.3. The summed E-state index contributed by atoms with van der Waals surface area (Å²) >= 11 is -0.599. The molecular weight excluding hydrogens is 632 g/mol. The molecule has 0 amide bonds. The van der Waals surface area contributed by atoms with E-state index in [1.54, 1.807) is 36.4 Å². The van der Waals surface area contributed by atoms with E-state index < -0.39 is 32.9 Å². The van der Waals surface area contributed by atoms with Crippen molar-refractivity contribution in [3.8, 4) is 17.2 Å². The van der Waals surface area contributed by atoms with Gasteiger partial charge in [0.1, 0.15) is 22.8 Å². The minimum absolute atomic E-state index is 0.119. The Labute approximate surface area is 242 Å². The number of benzene rings is 3. The van der Waals surface area contributed by atoms with Crippen molar-refractivity contribution in [3.05, 3.63) is 85.5 Å². The van der Waals surface area contributed by atoms with Crippen molar-refractivity contribution < 1.29 is 53.4 Å². The molecule has 40 heavy (non-hydrogen) atoms. The van der Waals surface area contributed by atoms with Crippen LogP contribution in [0.3, 0.4) is 0 Å². The molecule has 4 fully saturated rings.